The van der Waals surface area contributed by atoms with Gasteiger partial charge in [-0.2, -0.15) is 13.2 Å². The van der Waals surface area contributed by atoms with E-state index < -0.39 is 27.6 Å². The molecule has 0 bridgehead atoms. The molecule has 0 spiro atoms. The van der Waals surface area contributed by atoms with Crippen molar-refractivity contribution < 1.29 is 31.1 Å². The van der Waals surface area contributed by atoms with Crippen molar-refractivity contribution >= 4 is 27.6 Å². The number of anilines is 2. The average Bonchev–Trinajstić information content (AvgIpc) is 2.88. The molecule has 0 N–H and O–H groups in total. The van der Waals surface area contributed by atoms with Crippen LogP contribution in [0.3, 0.4) is 0 Å². The fourth-order valence-corrected chi connectivity index (χ4v) is 5.80. The summed E-state index contributed by atoms with van der Waals surface area (Å²) in [5.41, 5.74) is 1.12. The highest BCUT2D eigenvalue weighted by atomic mass is 32.2. The Hall–Kier alpha value is -2.79. The van der Waals surface area contributed by atoms with Crippen molar-refractivity contribution in [2.75, 3.05) is 61.5 Å². The van der Waals surface area contributed by atoms with E-state index in [0.717, 1.165) is 18.5 Å². The monoisotopic (exact) mass is 511 g/mol. The molecule has 0 aliphatic carbocycles. The summed E-state index contributed by atoms with van der Waals surface area (Å²) in [5, 5.41) is 0. The van der Waals surface area contributed by atoms with Crippen molar-refractivity contribution in [3.63, 3.8) is 0 Å². The summed E-state index contributed by atoms with van der Waals surface area (Å²) in [5.74, 6) is -0.0679. The first-order valence-corrected chi connectivity index (χ1v) is 13.1. The Balaban J connectivity index is 1.84. The second-order valence-corrected chi connectivity index (χ2v) is 10.8. The first-order valence-electron chi connectivity index (χ1n) is 11.5. The maximum atomic E-state index is 13.1. The number of morpholine rings is 1. The Morgan fingerprint density at radius 2 is 1.71 bits per heavy atom. The van der Waals surface area contributed by atoms with Crippen LogP contribution in [0.4, 0.5) is 24.5 Å². The molecule has 2 aliphatic heterocycles. The maximum absolute atomic E-state index is 13.1. The number of amides is 1. The van der Waals surface area contributed by atoms with E-state index in [1.54, 1.807) is 24.0 Å². The van der Waals surface area contributed by atoms with E-state index in [4.69, 9.17) is 4.74 Å². The van der Waals surface area contributed by atoms with Crippen molar-refractivity contribution in [3.8, 4) is 0 Å². The van der Waals surface area contributed by atoms with E-state index in [9.17, 15) is 26.4 Å². The molecule has 0 radical (unpaired) electrons. The van der Waals surface area contributed by atoms with Gasteiger partial charge in [0.2, 0.25) is 6.41 Å². The second-order valence-electron chi connectivity index (χ2n) is 8.55. The number of ether oxygens (including phenoxy) is 1. The number of alkyl halides is 3. The van der Waals surface area contributed by atoms with E-state index in [-0.39, 0.29) is 17.2 Å². The molecular formula is C24H28F3N3O4S. The van der Waals surface area contributed by atoms with Gasteiger partial charge in [-0.15, -0.1) is 0 Å². The number of hydrogen-bond donors (Lipinski definition) is 0. The molecule has 4 rings (SSSR count). The number of nitrogens with zero attached hydrogens (tertiary/aromatic N) is 3. The zero-order valence-corrected chi connectivity index (χ0v) is 20.2. The smallest absolute Gasteiger partial charge is 0.378 e. The molecule has 0 saturated carbocycles. The summed E-state index contributed by atoms with van der Waals surface area (Å²) in [7, 11) is -3.57. The van der Waals surface area contributed by atoms with Gasteiger partial charge in [0.15, 0.2) is 9.84 Å². The minimum Gasteiger partial charge on any atom is -0.378 e. The number of carbonyl (C=O) groups is 1. The van der Waals surface area contributed by atoms with Gasteiger partial charge in [0, 0.05) is 44.0 Å². The van der Waals surface area contributed by atoms with Gasteiger partial charge in [-0.25, -0.2) is 8.42 Å². The van der Waals surface area contributed by atoms with Gasteiger partial charge in [-0.05, 0) is 30.3 Å². The van der Waals surface area contributed by atoms with Gasteiger partial charge in [0.1, 0.15) is 0 Å². The molecule has 2 aliphatic rings. The van der Waals surface area contributed by atoms with Gasteiger partial charge < -0.3 is 19.4 Å². The number of piperazine rings is 1. The molecule has 0 aromatic heterocycles. The third-order valence-electron chi connectivity index (χ3n) is 6.52. The zero-order valence-electron chi connectivity index (χ0n) is 19.4. The molecule has 1 unspecified atom stereocenters. The van der Waals surface area contributed by atoms with Crippen LogP contribution in [-0.2, 0) is 25.5 Å². The molecule has 11 heteroatoms. The highest BCUT2D eigenvalue weighted by Gasteiger charge is 2.35. The molecule has 2 aromatic rings. The van der Waals surface area contributed by atoms with Crippen molar-refractivity contribution in [2.45, 2.75) is 24.0 Å². The average molecular weight is 512 g/mol. The Labute approximate surface area is 203 Å². The lowest BCUT2D eigenvalue weighted by molar-refractivity contribution is -0.137. The molecule has 1 atom stereocenters. The summed E-state index contributed by atoms with van der Waals surface area (Å²) in [6.45, 7) is 4.58. The van der Waals surface area contributed by atoms with Crippen LogP contribution in [0, 0.1) is 0 Å². The highest BCUT2D eigenvalue weighted by Crippen LogP contribution is 2.40. The molecular weight excluding hydrogens is 483 g/mol. The summed E-state index contributed by atoms with van der Waals surface area (Å²) >= 11 is 0. The lowest BCUT2D eigenvalue weighted by Gasteiger charge is -2.44. The Bertz CT molecular complexity index is 1150. The lowest BCUT2D eigenvalue weighted by Crippen LogP contribution is -2.48. The van der Waals surface area contributed by atoms with E-state index in [0.29, 0.717) is 56.3 Å². The third-order valence-corrected chi connectivity index (χ3v) is 8.28. The summed E-state index contributed by atoms with van der Waals surface area (Å²) in [4.78, 5) is 17.4. The number of sulfone groups is 1. The van der Waals surface area contributed by atoms with Gasteiger partial charge in [-0.3, -0.25) is 4.79 Å². The Morgan fingerprint density at radius 3 is 2.31 bits per heavy atom. The van der Waals surface area contributed by atoms with E-state index in [1.165, 1.54) is 12.1 Å². The number of hydrogen-bond acceptors (Lipinski definition) is 6. The van der Waals surface area contributed by atoms with Crippen LogP contribution in [-0.4, -0.2) is 71.4 Å². The molecule has 2 heterocycles. The number of carbonyl (C=O) groups excluding carboxylic acids is 1. The van der Waals surface area contributed by atoms with Gasteiger partial charge in [0.25, 0.3) is 0 Å². The van der Waals surface area contributed by atoms with Crippen molar-refractivity contribution in [3.05, 3.63) is 53.6 Å². The summed E-state index contributed by atoms with van der Waals surface area (Å²) in [6, 6.07) is 9.60. The largest absolute Gasteiger partial charge is 0.416 e. The molecule has 190 valence electrons. The predicted octanol–water partition coefficient (Wildman–Crippen LogP) is 3.36. The second kappa shape index (κ2) is 10.1. The lowest BCUT2D eigenvalue weighted by atomic mass is 9.98. The Kier molecular flexibility index (Phi) is 7.27. The normalized spacial score (nSPS) is 19.7. The van der Waals surface area contributed by atoms with Crippen LogP contribution < -0.4 is 9.80 Å². The number of rotatable bonds is 6. The van der Waals surface area contributed by atoms with Gasteiger partial charge in [-0.1, -0.05) is 19.1 Å². The van der Waals surface area contributed by atoms with Crippen LogP contribution in [0.5, 0.6) is 0 Å². The van der Waals surface area contributed by atoms with Crippen LogP contribution in [0.15, 0.2) is 47.4 Å². The molecule has 2 aromatic carbocycles. The maximum Gasteiger partial charge on any atom is 0.416 e. The minimum atomic E-state index is -4.44. The summed E-state index contributed by atoms with van der Waals surface area (Å²) < 4.78 is 70.9. The minimum absolute atomic E-state index is 0.0679. The van der Waals surface area contributed by atoms with Crippen LogP contribution in [0.1, 0.15) is 24.1 Å². The SMILES string of the molecule is CCS(=O)(=O)c1cccc(C2CN(C=O)CCN2c2ccc(C(F)(F)F)cc2)c1N1CCOCC1. The molecule has 35 heavy (non-hydrogen) atoms. The van der Waals surface area contributed by atoms with E-state index in [1.807, 2.05) is 15.9 Å². The quantitative estimate of drug-likeness (QED) is 0.554. The van der Waals surface area contributed by atoms with Crippen LogP contribution in [0.25, 0.3) is 0 Å². The fraction of sp³-hybridized carbons (Fsp3) is 0.458. The molecule has 2 fully saturated rings. The number of benzene rings is 2. The Morgan fingerprint density at radius 1 is 1.03 bits per heavy atom. The number of halogens is 3. The van der Waals surface area contributed by atoms with Gasteiger partial charge in [0.05, 0.1) is 41.2 Å². The van der Waals surface area contributed by atoms with Crippen LogP contribution in [0.2, 0.25) is 0 Å². The predicted molar refractivity (Wildman–Crippen MR) is 126 cm³/mol. The molecule has 2 saturated heterocycles. The molecule has 1 amide bonds. The van der Waals surface area contributed by atoms with Crippen molar-refractivity contribution in [2.24, 2.45) is 0 Å². The first-order chi connectivity index (χ1) is 16.7. The fourth-order valence-electron chi connectivity index (χ4n) is 4.66. The summed E-state index contributed by atoms with van der Waals surface area (Å²) in [6.07, 6.45) is -3.70. The standard InChI is InChI=1S/C24H28F3N3O4S/c1-2-35(32,33)22-5-3-4-20(23(22)29-12-14-34-15-13-29)21-16-28(17-31)10-11-30(21)19-8-6-18(7-9-19)24(25,26)27/h3-9,17,21H,2,10-16H2,1H3. The van der Waals surface area contributed by atoms with Crippen molar-refractivity contribution in [1.82, 2.24) is 4.90 Å². The van der Waals surface area contributed by atoms with E-state index in [2.05, 4.69) is 0 Å². The molecule has 7 nitrogen and oxygen atoms in total. The van der Waals surface area contributed by atoms with E-state index >= 15 is 0 Å². The van der Waals surface area contributed by atoms with Crippen molar-refractivity contribution in [1.29, 1.82) is 0 Å². The first kappa shape index (κ1) is 25.3. The zero-order chi connectivity index (χ0) is 25.2. The topological polar surface area (TPSA) is 70.2 Å². The third kappa shape index (κ3) is 5.25. The van der Waals surface area contributed by atoms with Gasteiger partial charge >= 0.3 is 6.18 Å². The highest BCUT2D eigenvalue weighted by molar-refractivity contribution is 7.91. The van der Waals surface area contributed by atoms with Crippen LogP contribution >= 0.6 is 0 Å². The number of para-hydroxylation sites is 1.